The van der Waals surface area contributed by atoms with Crippen molar-refractivity contribution in [1.29, 1.82) is 0 Å². The Morgan fingerprint density at radius 2 is 2.13 bits per heavy atom. The minimum atomic E-state index is 0.228. The van der Waals surface area contributed by atoms with Gasteiger partial charge in [-0.1, -0.05) is 20.8 Å². The van der Waals surface area contributed by atoms with Crippen molar-refractivity contribution in [1.82, 2.24) is 5.32 Å². The second kappa shape index (κ2) is 5.83. The van der Waals surface area contributed by atoms with Crippen LogP contribution in [0.15, 0.2) is 0 Å². The zero-order valence-corrected chi connectivity index (χ0v) is 10.5. The standard InChI is InChI=1S/C12H25NO2/c1-12(2,3)6-8-15-11-9-14-7-5-10(11)13-4/h10-11,13H,5-9H2,1-4H3. The Labute approximate surface area is 93.5 Å². The van der Waals surface area contributed by atoms with Gasteiger partial charge in [-0.25, -0.2) is 0 Å². The van der Waals surface area contributed by atoms with Crippen LogP contribution in [0.2, 0.25) is 0 Å². The van der Waals surface area contributed by atoms with Gasteiger partial charge in [-0.15, -0.1) is 0 Å². The van der Waals surface area contributed by atoms with Gasteiger partial charge in [-0.05, 0) is 25.3 Å². The SMILES string of the molecule is CNC1CCOCC1OCCC(C)(C)C. The number of nitrogens with one attached hydrogen (secondary N) is 1. The van der Waals surface area contributed by atoms with Crippen LogP contribution in [0.5, 0.6) is 0 Å². The smallest absolute Gasteiger partial charge is 0.0961 e. The minimum Gasteiger partial charge on any atom is -0.379 e. The molecule has 0 spiro atoms. The second-order valence-corrected chi connectivity index (χ2v) is 5.48. The van der Waals surface area contributed by atoms with Gasteiger partial charge in [-0.2, -0.15) is 0 Å². The lowest BCUT2D eigenvalue weighted by Gasteiger charge is -2.32. The van der Waals surface area contributed by atoms with E-state index in [2.05, 4.69) is 26.1 Å². The molecule has 3 nitrogen and oxygen atoms in total. The first-order valence-corrected chi connectivity index (χ1v) is 5.89. The van der Waals surface area contributed by atoms with E-state index in [0.29, 0.717) is 11.5 Å². The minimum absolute atomic E-state index is 0.228. The predicted octanol–water partition coefficient (Wildman–Crippen LogP) is 1.82. The molecule has 1 heterocycles. The summed E-state index contributed by atoms with van der Waals surface area (Å²) in [4.78, 5) is 0. The molecule has 0 aromatic heterocycles. The summed E-state index contributed by atoms with van der Waals surface area (Å²) in [6, 6.07) is 0.457. The van der Waals surface area contributed by atoms with Gasteiger partial charge in [0.25, 0.3) is 0 Å². The molecule has 1 aliphatic rings. The van der Waals surface area contributed by atoms with Crippen LogP contribution in [0.3, 0.4) is 0 Å². The average molecular weight is 215 g/mol. The molecule has 1 aliphatic heterocycles. The number of hydrogen-bond acceptors (Lipinski definition) is 3. The van der Waals surface area contributed by atoms with E-state index >= 15 is 0 Å². The summed E-state index contributed by atoms with van der Waals surface area (Å²) < 4.78 is 11.3. The van der Waals surface area contributed by atoms with Gasteiger partial charge in [0, 0.05) is 19.3 Å². The molecule has 3 heteroatoms. The summed E-state index contributed by atoms with van der Waals surface area (Å²) in [5, 5.41) is 3.30. The van der Waals surface area contributed by atoms with Crippen LogP contribution in [0, 0.1) is 5.41 Å². The maximum Gasteiger partial charge on any atom is 0.0961 e. The van der Waals surface area contributed by atoms with Gasteiger partial charge in [0.15, 0.2) is 0 Å². The molecule has 0 aliphatic carbocycles. The van der Waals surface area contributed by atoms with E-state index in [1.807, 2.05) is 7.05 Å². The topological polar surface area (TPSA) is 30.5 Å². The first-order valence-electron chi connectivity index (χ1n) is 5.89. The summed E-state index contributed by atoms with van der Waals surface area (Å²) in [6.45, 7) is 9.13. The molecular weight excluding hydrogens is 190 g/mol. The summed E-state index contributed by atoms with van der Waals surface area (Å²) in [5.74, 6) is 0. The van der Waals surface area contributed by atoms with Crippen molar-refractivity contribution in [2.24, 2.45) is 5.41 Å². The van der Waals surface area contributed by atoms with Crippen LogP contribution in [0.1, 0.15) is 33.6 Å². The zero-order valence-electron chi connectivity index (χ0n) is 10.5. The first-order chi connectivity index (χ1) is 7.03. The third-order valence-electron chi connectivity index (χ3n) is 2.86. The molecule has 1 N–H and O–H groups in total. The van der Waals surface area contributed by atoms with Crippen LogP contribution >= 0.6 is 0 Å². The maximum atomic E-state index is 5.87. The Morgan fingerprint density at radius 3 is 2.73 bits per heavy atom. The Hall–Kier alpha value is -0.120. The van der Waals surface area contributed by atoms with Gasteiger partial charge < -0.3 is 14.8 Å². The van der Waals surface area contributed by atoms with Crippen molar-refractivity contribution in [3.05, 3.63) is 0 Å². The normalized spacial score (nSPS) is 28.0. The van der Waals surface area contributed by atoms with Crippen LogP contribution in [-0.2, 0) is 9.47 Å². The quantitative estimate of drug-likeness (QED) is 0.776. The van der Waals surface area contributed by atoms with Crippen molar-refractivity contribution in [2.75, 3.05) is 26.9 Å². The fraction of sp³-hybridized carbons (Fsp3) is 1.00. The Kier molecular flexibility index (Phi) is 5.03. The lowest BCUT2D eigenvalue weighted by molar-refractivity contribution is -0.0720. The Balaban J connectivity index is 2.23. The molecule has 0 bridgehead atoms. The monoisotopic (exact) mass is 215 g/mol. The lowest BCUT2D eigenvalue weighted by Crippen LogP contribution is -2.46. The molecule has 2 unspecified atom stereocenters. The van der Waals surface area contributed by atoms with E-state index < -0.39 is 0 Å². The number of likely N-dealkylation sites (N-methyl/N-ethyl adjacent to an activating group) is 1. The van der Waals surface area contributed by atoms with Crippen molar-refractivity contribution in [2.45, 2.75) is 45.8 Å². The molecule has 0 aromatic rings. The van der Waals surface area contributed by atoms with Crippen molar-refractivity contribution >= 4 is 0 Å². The molecule has 1 fully saturated rings. The van der Waals surface area contributed by atoms with Crippen molar-refractivity contribution < 1.29 is 9.47 Å². The molecule has 0 aromatic carbocycles. The summed E-state index contributed by atoms with van der Waals surface area (Å²) in [6.07, 6.45) is 2.38. The van der Waals surface area contributed by atoms with E-state index in [1.165, 1.54) is 0 Å². The number of hydrogen-bond donors (Lipinski definition) is 1. The van der Waals surface area contributed by atoms with Gasteiger partial charge in [0.1, 0.15) is 0 Å². The van der Waals surface area contributed by atoms with E-state index in [4.69, 9.17) is 9.47 Å². The van der Waals surface area contributed by atoms with Crippen LogP contribution in [0.4, 0.5) is 0 Å². The Morgan fingerprint density at radius 1 is 1.40 bits per heavy atom. The zero-order chi connectivity index (χ0) is 11.3. The molecular formula is C12H25NO2. The largest absolute Gasteiger partial charge is 0.379 e. The van der Waals surface area contributed by atoms with Crippen LogP contribution < -0.4 is 5.32 Å². The van der Waals surface area contributed by atoms with Crippen molar-refractivity contribution in [3.8, 4) is 0 Å². The van der Waals surface area contributed by atoms with Gasteiger partial charge in [0.2, 0.25) is 0 Å². The highest BCUT2D eigenvalue weighted by Gasteiger charge is 2.25. The third kappa shape index (κ3) is 4.96. The number of rotatable bonds is 4. The second-order valence-electron chi connectivity index (χ2n) is 5.48. The fourth-order valence-electron chi connectivity index (χ4n) is 1.72. The summed E-state index contributed by atoms with van der Waals surface area (Å²) in [5.41, 5.74) is 0.352. The van der Waals surface area contributed by atoms with E-state index in [1.54, 1.807) is 0 Å². The molecule has 90 valence electrons. The molecule has 0 radical (unpaired) electrons. The highest BCUT2D eigenvalue weighted by atomic mass is 16.5. The van der Waals surface area contributed by atoms with E-state index in [0.717, 1.165) is 32.7 Å². The van der Waals surface area contributed by atoms with Gasteiger partial charge in [0.05, 0.1) is 12.7 Å². The third-order valence-corrected chi connectivity index (χ3v) is 2.86. The van der Waals surface area contributed by atoms with Gasteiger partial charge >= 0.3 is 0 Å². The lowest BCUT2D eigenvalue weighted by atomic mass is 9.93. The maximum absolute atomic E-state index is 5.87. The summed E-state index contributed by atoms with van der Waals surface area (Å²) in [7, 11) is 2.00. The van der Waals surface area contributed by atoms with Crippen LogP contribution in [-0.4, -0.2) is 39.0 Å². The molecule has 2 atom stereocenters. The molecule has 0 saturated carbocycles. The van der Waals surface area contributed by atoms with Crippen molar-refractivity contribution in [3.63, 3.8) is 0 Å². The predicted molar refractivity (Wildman–Crippen MR) is 62.1 cm³/mol. The fourth-order valence-corrected chi connectivity index (χ4v) is 1.72. The van der Waals surface area contributed by atoms with E-state index in [-0.39, 0.29) is 6.10 Å². The Bertz CT molecular complexity index is 177. The molecule has 1 saturated heterocycles. The van der Waals surface area contributed by atoms with Crippen LogP contribution in [0.25, 0.3) is 0 Å². The average Bonchev–Trinajstić information content (AvgIpc) is 2.16. The first kappa shape index (κ1) is 12.9. The van der Waals surface area contributed by atoms with Gasteiger partial charge in [-0.3, -0.25) is 0 Å². The molecule has 0 amide bonds. The summed E-state index contributed by atoms with van der Waals surface area (Å²) >= 11 is 0. The molecule has 1 rings (SSSR count). The highest BCUT2D eigenvalue weighted by molar-refractivity contribution is 4.79. The highest BCUT2D eigenvalue weighted by Crippen LogP contribution is 2.19. The molecule has 15 heavy (non-hydrogen) atoms. The number of ether oxygens (including phenoxy) is 2. The van der Waals surface area contributed by atoms with E-state index in [9.17, 15) is 0 Å².